The Labute approximate surface area is 185 Å². The molecule has 5 aliphatic rings. The molecule has 0 atom stereocenters. The minimum Gasteiger partial charge on any atom is -0.508 e. The second kappa shape index (κ2) is 7.39. The van der Waals surface area contributed by atoms with Gasteiger partial charge in [-0.15, -0.1) is 0 Å². The van der Waals surface area contributed by atoms with E-state index in [1.54, 1.807) is 6.07 Å². The maximum absolute atomic E-state index is 10.3. The minimum atomic E-state index is 0.283. The van der Waals surface area contributed by atoms with Crippen molar-refractivity contribution in [2.24, 2.45) is 20.0 Å². The first-order valence-electron chi connectivity index (χ1n) is 10.4. The quantitative estimate of drug-likeness (QED) is 0.735. The van der Waals surface area contributed by atoms with Crippen LogP contribution < -0.4 is 0 Å². The van der Waals surface area contributed by atoms with Crippen LogP contribution in [-0.2, 0) is 6.42 Å². The van der Waals surface area contributed by atoms with Gasteiger partial charge in [0.1, 0.15) is 5.75 Å². The van der Waals surface area contributed by atoms with Crippen molar-refractivity contribution in [3.8, 4) is 5.75 Å². The molecule has 0 saturated heterocycles. The maximum atomic E-state index is 10.3. The zero-order valence-corrected chi connectivity index (χ0v) is 17.1. The summed E-state index contributed by atoms with van der Waals surface area (Å²) in [5, 5.41) is 10.3. The average Bonchev–Trinajstić information content (AvgIpc) is 3.56. The van der Waals surface area contributed by atoms with Crippen molar-refractivity contribution in [1.82, 2.24) is 0 Å². The van der Waals surface area contributed by atoms with Crippen molar-refractivity contribution in [2.45, 2.75) is 6.42 Å². The zero-order valence-electron chi connectivity index (χ0n) is 17.1. The van der Waals surface area contributed by atoms with Gasteiger partial charge in [0.2, 0.25) is 0 Å². The van der Waals surface area contributed by atoms with Crippen LogP contribution in [0.15, 0.2) is 139 Å². The number of aliphatic imine (C=N–C) groups is 4. The van der Waals surface area contributed by atoms with E-state index in [0.717, 1.165) is 56.8 Å². The highest BCUT2D eigenvalue weighted by Gasteiger charge is 2.18. The number of nitrogens with zero attached hydrogens (tertiary/aromatic N) is 4. The van der Waals surface area contributed by atoms with Crippen LogP contribution >= 0.6 is 0 Å². The van der Waals surface area contributed by atoms with Crippen LogP contribution in [0, 0.1) is 0 Å². The molecule has 5 nitrogen and oxygen atoms in total. The molecule has 8 bridgehead atoms. The van der Waals surface area contributed by atoms with Crippen molar-refractivity contribution in [1.29, 1.82) is 0 Å². The van der Waals surface area contributed by atoms with E-state index in [-0.39, 0.29) is 5.75 Å². The van der Waals surface area contributed by atoms with Crippen LogP contribution in [0.2, 0.25) is 0 Å². The molecule has 1 N–H and O–H groups in total. The summed E-state index contributed by atoms with van der Waals surface area (Å²) in [7, 11) is 0. The normalized spacial score (nSPS) is 20.2. The highest BCUT2D eigenvalue weighted by Crippen LogP contribution is 2.29. The Kier molecular flexibility index (Phi) is 4.25. The predicted octanol–water partition coefficient (Wildman–Crippen LogP) is 4.90. The van der Waals surface area contributed by atoms with Crippen LogP contribution in [0.5, 0.6) is 5.75 Å². The Balaban J connectivity index is 1.45. The number of aromatic hydroxyl groups is 1. The van der Waals surface area contributed by atoms with Gasteiger partial charge < -0.3 is 5.11 Å². The van der Waals surface area contributed by atoms with E-state index < -0.39 is 0 Å². The third-order valence-corrected chi connectivity index (χ3v) is 5.49. The van der Waals surface area contributed by atoms with Gasteiger partial charge in [-0.05, 0) is 84.0 Å². The summed E-state index contributed by atoms with van der Waals surface area (Å²) in [5.74, 6) is 0.283. The molecule has 5 aliphatic heterocycles. The van der Waals surface area contributed by atoms with Crippen LogP contribution in [0.3, 0.4) is 0 Å². The van der Waals surface area contributed by atoms with Crippen LogP contribution in [0.4, 0.5) is 0 Å². The lowest BCUT2D eigenvalue weighted by Gasteiger charge is -2.06. The molecule has 1 aromatic rings. The molecule has 0 aliphatic carbocycles. The van der Waals surface area contributed by atoms with Gasteiger partial charge in [0, 0.05) is 6.42 Å². The van der Waals surface area contributed by atoms with Crippen molar-refractivity contribution < 1.29 is 5.11 Å². The van der Waals surface area contributed by atoms with Crippen molar-refractivity contribution in [3.63, 3.8) is 0 Å². The van der Waals surface area contributed by atoms with E-state index in [9.17, 15) is 5.11 Å². The molecule has 5 heterocycles. The van der Waals surface area contributed by atoms with E-state index in [1.807, 2.05) is 79.0 Å². The lowest BCUT2D eigenvalue weighted by atomic mass is 10.0. The number of hydrogen-bond acceptors (Lipinski definition) is 5. The largest absolute Gasteiger partial charge is 0.508 e. The second-order valence-electron chi connectivity index (χ2n) is 7.86. The topological polar surface area (TPSA) is 69.7 Å². The fraction of sp³-hybridized carbons (Fsp3) is 0.0370. The fourth-order valence-corrected chi connectivity index (χ4v) is 3.96. The molecule has 1 aromatic carbocycles. The molecule has 0 radical (unpaired) electrons. The number of fused-ring (bicyclic) bond motifs is 4. The molecule has 152 valence electrons. The number of allylic oxidation sites excluding steroid dienone is 12. The van der Waals surface area contributed by atoms with Gasteiger partial charge in [0.15, 0.2) is 0 Å². The summed E-state index contributed by atoms with van der Waals surface area (Å²) >= 11 is 0. The standard InChI is InChI=1S/C27H18N4O/c32-27-4-2-1-3-17(27)11-18-12-25-15-23-8-7-21(29-23)13-19-5-6-20(28-19)14-22-9-10-24(30-22)16-26(18)31-25/h1-10,12-16,32H,11H2. The Morgan fingerprint density at radius 2 is 1.12 bits per heavy atom. The van der Waals surface area contributed by atoms with Crippen LogP contribution in [-0.4, -0.2) is 28.0 Å². The third kappa shape index (κ3) is 3.61. The molecule has 0 aromatic heterocycles. The van der Waals surface area contributed by atoms with Crippen LogP contribution in [0.25, 0.3) is 0 Å². The van der Waals surface area contributed by atoms with Gasteiger partial charge in [0.05, 0.1) is 45.6 Å². The SMILES string of the molecule is Oc1ccccc1CC1=CC2=NC1=CC1=NC(=CC3=NC(=CC4=NC(=C2)C=C4)C=C3)C=C1. The summed E-state index contributed by atoms with van der Waals surface area (Å²) in [4.78, 5) is 18.9. The third-order valence-electron chi connectivity index (χ3n) is 5.49. The molecule has 6 rings (SSSR count). The number of para-hydroxylation sites is 1. The van der Waals surface area contributed by atoms with E-state index in [1.165, 1.54) is 0 Å². The number of benzene rings is 1. The van der Waals surface area contributed by atoms with Gasteiger partial charge in [-0.3, -0.25) is 0 Å². The van der Waals surface area contributed by atoms with Crippen LogP contribution in [0.1, 0.15) is 5.56 Å². The minimum absolute atomic E-state index is 0.283. The molecule has 0 spiro atoms. The smallest absolute Gasteiger partial charge is 0.119 e. The fourth-order valence-electron chi connectivity index (χ4n) is 3.96. The van der Waals surface area contributed by atoms with Crippen molar-refractivity contribution >= 4 is 22.8 Å². The summed E-state index contributed by atoms with van der Waals surface area (Å²) < 4.78 is 0. The number of phenols is 1. The molecular weight excluding hydrogens is 396 g/mol. The molecule has 32 heavy (non-hydrogen) atoms. The van der Waals surface area contributed by atoms with Gasteiger partial charge in [-0.1, -0.05) is 18.2 Å². The molecular formula is C27H18N4O. The van der Waals surface area contributed by atoms with E-state index >= 15 is 0 Å². The lowest BCUT2D eigenvalue weighted by molar-refractivity contribution is 0.469. The van der Waals surface area contributed by atoms with Gasteiger partial charge in [0.25, 0.3) is 0 Å². The van der Waals surface area contributed by atoms with Gasteiger partial charge >= 0.3 is 0 Å². The Morgan fingerprint density at radius 1 is 0.562 bits per heavy atom. The summed E-state index contributed by atoms with van der Waals surface area (Å²) in [5.41, 5.74) is 8.65. The first-order valence-corrected chi connectivity index (χ1v) is 10.4. The highest BCUT2D eigenvalue weighted by atomic mass is 16.3. The molecule has 0 fully saturated rings. The Hall–Kier alpha value is -4.38. The average molecular weight is 414 g/mol. The Bertz CT molecular complexity index is 1430. The van der Waals surface area contributed by atoms with E-state index in [4.69, 9.17) is 9.98 Å². The molecule has 0 unspecified atom stereocenters. The van der Waals surface area contributed by atoms with Crippen molar-refractivity contribution in [2.75, 3.05) is 0 Å². The van der Waals surface area contributed by atoms with Gasteiger partial charge in [-0.2, -0.15) is 0 Å². The lowest BCUT2D eigenvalue weighted by Crippen LogP contribution is -1.94. The number of rotatable bonds is 2. The molecule has 0 amide bonds. The first kappa shape index (κ1) is 18.4. The first-order chi connectivity index (χ1) is 15.7. The van der Waals surface area contributed by atoms with Crippen molar-refractivity contribution in [3.05, 3.63) is 125 Å². The summed E-state index contributed by atoms with van der Waals surface area (Å²) in [6.45, 7) is 0. The van der Waals surface area contributed by atoms with E-state index in [0.29, 0.717) is 6.42 Å². The maximum Gasteiger partial charge on any atom is 0.119 e. The number of hydrogen-bond donors (Lipinski definition) is 1. The summed E-state index contributed by atoms with van der Waals surface area (Å²) in [6.07, 6.45) is 22.4. The molecule has 5 heteroatoms. The second-order valence-corrected chi connectivity index (χ2v) is 7.86. The monoisotopic (exact) mass is 414 g/mol. The highest BCUT2D eigenvalue weighted by molar-refractivity contribution is 6.15. The zero-order chi connectivity index (χ0) is 21.5. The molecule has 0 saturated carbocycles. The Morgan fingerprint density at radius 3 is 1.75 bits per heavy atom. The van der Waals surface area contributed by atoms with E-state index in [2.05, 4.69) is 16.1 Å². The van der Waals surface area contributed by atoms with Gasteiger partial charge in [-0.25, -0.2) is 20.0 Å². The summed E-state index contributed by atoms with van der Waals surface area (Å²) in [6, 6.07) is 7.39. The predicted molar refractivity (Wildman–Crippen MR) is 129 cm³/mol. The number of phenolic OH excluding ortho intramolecular Hbond substituents is 1.